The van der Waals surface area contributed by atoms with Gasteiger partial charge in [0.05, 0.1) is 0 Å². The fourth-order valence-electron chi connectivity index (χ4n) is 2.40. The second-order valence-corrected chi connectivity index (χ2v) is 5.08. The summed E-state index contributed by atoms with van der Waals surface area (Å²) in [5.74, 6) is -0.0256. The molecule has 6 heteroatoms. The van der Waals surface area contributed by atoms with Crippen LogP contribution in [0.15, 0.2) is 34.9 Å². The minimum atomic E-state index is -0.403. The van der Waals surface area contributed by atoms with Crippen molar-refractivity contribution in [3.8, 4) is 0 Å². The number of piperidine rings is 1. The molecule has 0 radical (unpaired) electrons. The molecule has 1 amide bonds. The van der Waals surface area contributed by atoms with E-state index in [1.165, 1.54) is 24.5 Å². The number of carbonyl (C=O) groups is 1. The van der Waals surface area contributed by atoms with E-state index in [2.05, 4.69) is 15.6 Å². The molecule has 1 fully saturated rings. The molecule has 2 heterocycles. The van der Waals surface area contributed by atoms with Crippen LogP contribution in [0.2, 0.25) is 0 Å². The van der Waals surface area contributed by atoms with Gasteiger partial charge in [-0.15, -0.1) is 0 Å². The predicted molar refractivity (Wildman–Crippen MR) is 75.7 cm³/mol. The maximum absolute atomic E-state index is 13.1. The molecule has 0 bridgehead atoms. The van der Waals surface area contributed by atoms with Gasteiger partial charge in [0, 0.05) is 18.2 Å². The summed E-state index contributed by atoms with van der Waals surface area (Å²) in [5.41, 5.74) is 0.601. The summed E-state index contributed by atoms with van der Waals surface area (Å²) in [5, 5.41) is 5.87. The summed E-state index contributed by atoms with van der Waals surface area (Å²) < 4.78 is 18.5. The molecule has 0 spiro atoms. The summed E-state index contributed by atoms with van der Waals surface area (Å²) >= 11 is 0. The zero-order valence-electron chi connectivity index (χ0n) is 11.4. The van der Waals surface area contributed by atoms with E-state index in [0.29, 0.717) is 11.6 Å². The van der Waals surface area contributed by atoms with Crippen LogP contribution < -0.4 is 10.6 Å². The molecule has 21 heavy (non-hydrogen) atoms. The number of halogens is 1. The second-order valence-electron chi connectivity index (χ2n) is 5.08. The zero-order valence-corrected chi connectivity index (χ0v) is 11.4. The molecule has 1 aromatic carbocycles. The Morgan fingerprint density at radius 1 is 1.48 bits per heavy atom. The van der Waals surface area contributed by atoms with E-state index >= 15 is 0 Å². The summed E-state index contributed by atoms with van der Waals surface area (Å²) in [6.45, 7) is 1.82. The Labute approximate surface area is 121 Å². The summed E-state index contributed by atoms with van der Waals surface area (Å²) in [6, 6.07) is 5.73. The van der Waals surface area contributed by atoms with E-state index in [0.717, 1.165) is 25.9 Å². The van der Waals surface area contributed by atoms with E-state index in [1.54, 1.807) is 6.07 Å². The Hall–Kier alpha value is -2.21. The third-order valence-corrected chi connectivity index (χ3v) is 3.48. The third kappa shape index (κ3) is 3.28. The Bertz CT molecular complexity index is 635. The Kier molecular flexibility index (Phi) is 3.96. The molecule has 3 rings (SSSR count). The zero-order chi connectivity index (χ0) is 14.7. The Morgan fingerprint density at radius 2 is 2.38 bits per heavy atom. The molecule has 0 aliphatic carbocycles. The van der Waals surface area contributed by atoms with Gasteiger partial charge >= 0.3 is 0 Å². The van der Waals surface area contributed by atoms with E-state index in [1.807, 2.05) is 0 Å². The molecule has 2 N–H and O–H groups in total. The molecule has 1 aromatic heterocycles. The van der Waals surface area contributed by atoms with Gasteiger partial charge in [-0.25, -0.2) is 9.37 Å². The number of rotatable bonds is 3. The maximum Gasteiger partial charge on any atom is 0.277 e. The topological polar surface area (TPSA) is 67.2 Å². The maximum atomic E-state index is 13.1. The number of nitrogens with one attached hydrogen (secondary N) is 2. The minimum Gasteiger partial charge on any atom is -0.448 e. The van der Waals surface area contributed by atoms with Gasteiger partial charge in [-0.1, -0.05) is 6.07 Å². The molecule has 1 saturated heterocycles. The van der Waals surface area contributed by atoms with Crippen molar-refractivity contribution in [3.05, 3.63) is 47.9 Å². The first kappa shape index (κ1) is 13.8. The first-order valence-corrected chi connectivity index (χ1v) is 6.95. The molecule has 110 valence electrons. The fourth-order valence-corrected chi connectivity index (χ4v) is 2.40. The number of oxazole rings is 1. The fraction of sp³-hybridized carbons (Fsp3) is 0.333. The van der Waals surface area contributed by atoms with Gasteiger partial charge in [-0.3, -0.25) is 4.79 Å². The lowest BCUT2D eigenvalue weighted by Crippen LogP contribution is -2.28. The second kappa shape index (κ2) is 6.05. The van der Waals surface area contributed by atoms with Crippen molar-refractivity contribution in [2.24, 2.45) is 0 Å². The summed E-state index contributed by atoms with van der Waals surface area (Å²) in [7, 11) is 0. The van der Waals surface area contributed by atoms with Crippen molar-refractivity contribution in [1.82, 2.24) is 10.3 Å². The average Bonchev–Trinajstić information content (AvgIpc) is 2.98. The summed E-state index contributed by atoms with van der Waals surface area (Å²) in [4.78, 5) is 16.3. The highest BCUT2D eigenvalue weighted by atomic mass is 19.1. The third-order valence-electron chi connectivity index (χ3n) is 3.48. The van der Waals surface area contributed by atoms with E-state index in [-0.39, 0.29) is 11.6 Å². The monoisotopic (exact) mass is 289 g/mol. The number of benzene rings is 1. The average molecular weight is 289 g/mol. The van der Waals surface area contributed by atoms with Crippen LogP contribution in [0.25, 0.3) is 0 Å². The van der Waals surface area contributed by atoms with Crippen LogP contribution in [0.1, 0.15) is 35.1 Å². The van der Waals surface area contributed by atoms with Gasteiger partial charge in [-0.05, 0) is 37.6 Å². The number of carbonyl (C=O) groups excluding carboxylic acids is 1. The molecule has 1 unspecified atom stereocenters. The van der Waals surface area contributed by atoms with Gasteiger partial charge < -0.3 is 15.1 Å². The van der Waals surface area contributed by atoms with Crippen molar-refractivity contribution in [1.29, 1.82) is 0 Å². The lowest BCUT2D eigenvalue weighted by atomic mass is 10.00. The Balaban J connectivity index is 1.69. The Morgan fingerprint density at radius 3 is 3.14 bits per heavy atom. The number of hydrogen-bond donors (Lipinski definition) is 2. The van der Waals surface area contributed by atoms with Gasteiger partial charge in [0.15, 0.2) is 11.6 Å². The number of amides is 1. The smallest absolute Gasteiger partial charge is 0.277 e. The quantitative estimate of drug-likeness (QED) is 0.911. The van der Waals surface area contributed by atoms with Crippen LogP contribution in [-0.4, -0.2) is 24.0 Å². The van der Waals surface area contributed by atoms with Crippen molar-refractivity contribution in [2.45, 2.75) is 18.8 Å². The molecule has 5 nitrogen and oxygen atoms in total. The molecule has 0 saturated carbocycles. The van der Waals surface area contributed by atoms with Crippen molar-refractivity contribution < 1.29 is 13.6 Å². The number of aromatic nitrogens is 1. The van der Waals surface area contributed by atoms with Gasteiger partial charge in [-0.2, -0.15) is 0 Å². The predicted octanol–water partition coefficient (Wildman–Crippen LogP) is 2.53. The highest BCUT2D eigenvalue weighted by Gasteiger charge is 2.22. The lowest BCUT2D eigenvalue weighted by molar-refractivity contribution is 0.102. The number of nitrogens with zero attached hydrogens (tertiary/aromatic N) is 1. The van der Waals surface area contributed by atoms with Gasteiger partial charge in [0.25, 0.3) is 5.91 Å². The first-order valence-electron chi connectivity index (χ1n) is 6.95. The summed E-state index contributed by atoms with van der Waals surface area (Å²) in [6.07, 6.45) is 3.41. The molecular formula is C15H16FN3O2. The molecular weight excluding hydrogens is 273 g/mol. The van der Waals surface area contributed by atoms with Gasteiger partial charge in [0.2, 0.25) is 0 Å². The van der Waals surface area contributed by atoms with E-state index < -0.39 is 11.7 Å². The first-order chi connectivity index (χ1) is 10.2. The minimum absolute atomic E-state index is 0.203. The van der Waals surface area contributed by atoms with E-state index in [9.17, 15) is 9.18 Å². The highest BCUT2D eigenvalue weighted by molar-refractivity contribution is 6.02. The van der Waals surface area contributed by atoms with Crippen LogP contribution in [-0.2, 0) is 0 Å². The standard InChI is InChI=1S/C15H16FN3O2/c16-11-4-1-5-12(7-11)18-14(20)13-9-21-15(19-13)10-3-2-6-17-8-10/h1,4-5,7,9-10,17H,2-3,6,8H2,(H,18,20). The molecule has 1 aliphatic rings. The highest BCUT2D eigenvalue weighted by Crippen LogP contribution is 2.22. The van der Waals surface area contributed by atoms with Crippen LogP contribution in [0.4, 0.5) is 10.1 Å². The largest absolute Gasteiger partial charge is 0.448 e. The molecule has 1 aliphatic heterocycles. The van der Waals surface area contributed by atoms with Crippen molar-refractivity contribution >= 4 is 11.6 Å². The molecule has 1 atom stereocenters. The van der Waals surface area contributed by atoms with Crippen LogP contribution in [0.5, 0.6) is 0 Å². The SMILES string of the molecule is O=C(Nc1cccc(F)c1)c1coc(C2CCCNC2)n1. The molecule has 2 aromatic rings. The normalized spacial score (nSPS) is 18.4. The number of anilines is 1. The van der Waals surface area contributed by atoms with Crippen molar-refractivity contribution in [2.75, 3.05) is 18.4 Å². The van der Waals surface area contributed by atoms with Gasteiger partial charge in [0.1, 0.15) is 12.1 Å². The van der Waals surface area contributed by atoms with E-state index in [4.69, 9.17) is 4.42 Å². The lowest BCUT2D eigenvalue weighted by Gasteiger charge is -2.19. The van der Waals surface area contributed by atoms with Crippen molar-refractivity contribution in [3.63, 3.8) is 0 Å². The van der Waals surface area contributed by atoms with Crippen LogP contribution in [0.3, 0.4) is 0 Å². The van der Waals surface area contributed by atoms with Crippen LogP contribution in [0, 0.1) is 5.82 Å². The number of hydrogen-bond acceptors (Lipinski definition) is 4. The van der Waals surface area contributed by atoms with Crippen LogP contribution >= 0.6 is 0 Å².